The number of ether oxygens (including phenoxy) is 1. The van der Waals surface area contributed by atoms with E-state index in [-0.39, 0.29) is 23.1 Å². The first-order chi connectivity index (χ1) is 9.08. The molecule has 0 aliphatic carbocycles. The predicted molar refractivity (Wildman–Crippen MR) is 61.9 cm³/mol. The minimum atomic E-state index is -0.658. The van der Waals surface area contributed by atoms with Crippen LogP contribution in [0.5, 0.6) is 11.8 Å². The first-order valence-corrected chi connectivity index (χ1v) is 4.95. The SMILES string of the molecule is O=[N+]([O-])c1cnc(Oc2ccccc2[N+](=O)[O-])nc1. The predicted octanol–water partition coefficient (Wildman–Crippen LogP) is 2.09. The number of nitrogens with zero attached hydrogens (tertiary/aromatic N) is 4. The summed E-state index contributed by atoms with van der Waals surface area (Å²) in [6.45, 7) is 0. The summed E-state index contributed by atoms with van der Waals surface area (Å²) < 4.78 is 5.12. The van der Waals surface area contributed by atoms with Gasteiger partial charge in [-0.2, -0.15) is 9.97 Å². The second kappa shape index (κ2) is 5.04. The van der Waals surface area contributed by atoms with Crippen molar-refractivity contribution in [3.63, 3.8) is 0 Å². The van der Waals surface area contributed by atoms with Crippen molar-refractivity contribution in [2.75, 3.05) is 0 Å². The molecule has 0 spiro atoms. The molecule has 9 heteroatoms. The lowest BCUT2D eigenvalue weighted by Crippen LogP contribution is -1.97. The fourth-order valence-corrected chi connectivity index (χ4v) is 1.25. The Morgan fingerprint density at radius 1 is 1.00 bits per heavy atom. The average Bonchev–Trinajstić information content (AvgIpc) is 2.39. The van der Waals surface area contributed by atoms with Gasteiger partial charge in [0.05, 0.1) is 9.85 Å². The van der Waals surface area contributed by atoms with Crippen LogP contribution >= 0.6 is 0 Å². The van der Waals surface area contributed by atoms with Crippen LogP contribution in [-0.2, 0) is 0 Å². The normalized spacial score (nSPS) is 9.89. The van der Waals surface area contributed by atoms with E-state index < -0.39 is 9.85 Å². The van der Waals surface area contributed by atoms with Gasteiger partial charge in [0.2, 0.25) is 5.75 Å². The van der Waals surface area contributed by atoms with E-state index in [0.29, 0.717) is 0 Å². The van der Waals surface area contributed by atoms with Crippen molar-refractivity contribution in [3.05, 3.63) is 56.9 Å². The van der Waals surface area contributed by atoms with Crippen LogP contribution in [0.2, 0.25) is 0 Å². The smallest absolute Gasteiger partial charge is 0.322 e. The number of para-hydroxylation sites is 2. The van der Waals surface area contributed by atoms with Crippen LogP contribution in [0.15, 0.2) is 36.7 Å². The van der Waals surface area contributed by atoms with Crippen molar-refractivity contribution in [2.45, 2.75) is 0 Å². The molecule has 1 heterocycles. The average molecular weight is 262 g/mol. The monoisotopic (exact) mass is 262 g/mol. The van der Waals surface area contributed by atoms with Gasteiger partial charge in [0.25, 0.3) is 0 Å². The molecule has 96 valence electrons. The van der Waals surface area contributed by atoms with Crippen molar-refractivity contribution in [3.8, 4) is 11.8 Å². The molecule has 9 nitrogen and oxygen atoms in total. The Kier molecular flexibility index (Phi) is 3.28. The molecule has 0 bridgehead atoms. The summed E-state index contributed by atoms with van der Waals surface area (Å²) in [5.41, 5.74) is -0.542. The maximum atomic E-state index is 10.8. The minimum Gasteiger partial charge on any atom is -0.417 e. The number of aromatic nitrogens is 2. The Balaban J connectivity index is 2.26. The van der Waals surface area contributed by atoms with E-state index in [4.69, 9.17) is 4.74 Å². The van der Waals surface area contributed by atoms with Crippen molar-refractivity contribution >= 4 is 11.4 Å². The molecule has 0 aliphatic rings. The van der Waals surface area contributed by atoms with Crippen LogP contribution in [-0.4, -0.2) is 19.8 Å². The third-order valence-corrected chi connectivity index (χ3v) is 2.09. The van der Waals surface area contributed by atoms with E-state index in [0.717, 1.165) is 12.4 Å². The van der Waals surface area contributed by atoms with Gasteiger partial charge in [-0.05, 0) is 6.07 Å². The summed E-state index contributed by atoms with van der Waals surface area (Å²) in [7, 11) is 0. The minimum absolute atomic E-state index is 0.0404. The molecule has 1 aromatic carbocycles. The van der Waals surface area contributed by atoms with Gasteiger partial charge in [0.15, 0.2) is 0 Å². The van der Waals surface area contributed by atoms with Gasteiger partial charge in [-0.3, -0.25) is 20.2 Å². The number of hydrogen-bond donors (Lipinski definition) is 0. The summed E-state index contributed by atoms with van der Waals surface area (Å²) in [6, 6.07) is 5.47. The molecule has 0 aliphatic heterocycles. The van der Waals surface area contributed by atoms with Gasteiger partial charge in [-0.25, -0.2) is 0 Å². The van der Waals surface area contributed by atoms with Gasteiger partial charge < -0.3 is 4.74 Å². The summed E-state index contributed by atoms with van der Waals surface area (Å²) in [5.74, 6) is -0.0404. The molecule has 19 heavy (non-hydrogen) atoms. The molecule has 2 aromatic rings. The number of benzene rings is 1. The molecule has 2 rings (SSSR count). The van der Waals surface area contributed by atoms with Crippen molar-refractivity contribution < 1.29 is 14.6 Å². The van der Waals surface area contributed by atoms with Crippen molar-refractivity contribution in [1.82, 2.24) is 9.97 Å². The first-order valence-electron chi connectivity index (χ1n) is 4.95. The molecular formula is C10H6N4O5. The Labute approximate surface area is 105 Å². The second-order valence-corrected chi connectivity index (χ2v) is 3.31. The maximum absolute atomic E-state index is 10.8. The summed E-state index contributed by atoms with van der Waals surface area (Å²) >= 11 is 0. The van der Waals surface area contributed by atoms with Crippen LogP contribution in [0.3, 0.4) is 0 Å². The highest BCUT2D eigenvalue weighted by Gasteiger charge is 2.16. The van der Waals surface area contributed by atoms with E-state index in [1.54, 1.807) is 6.07 Å². The van der Waals surface area contributed by atoms with Crippen molar-refractivity contribution in [1.29, 1.82) is 0 Å². The molecule has 0 saturated heterocycles. The molecule has 0 N–H and O–H groups in total. The van der Waals surface area contributed by atoms with E-state index in [2.05, 4.69) is 9.97 Å². The molecule has 0 atom stereocenters. The van der Waals surface area contributed by atoms with Gasteiger partial charge in [0, 0.05) is 6.07 Å². The van der Waals surface area contributed by atoms with E-state index in [9.17, 15) is 20.2 Å². The summed E-state index contributed by atoms with van der Waals surface area (Å²) in [4.78, 5) is 27.1. The van der Waals surface area contributed by atoms with Gasteiger partial charge >= 0.3 is 17.4 Å². The van der Waals surface area contributed by atoms with Crippen LogP contribution in [0.25, 0.3) is 0 Å². The second-order valence-electron chi connectivity index (χ2n) is 3.31. The van der Waals surface area contributed by atoms with Gasteiger partial charge in [0.1, 0.15) is 12.4 Å². The Morgan fingerprint density at radius 3 is 2.21 bits per heavy atom. The highest BCUT2D eigenvalue weighted by atomic mass is 16.6. The largest absolute Gasteiger partial charge is 0.417 e. The molecule has 1 aromatic heterocycles. The zero-order valence-corrected chi connectivity index (χ0v) is 9.29. The lowest BCUT2D eigenvalue weighted by Gasteiger charge is -2.03. The van der Waals surface area contributed by atoms with Crippen molar-refractivity contribution in [2.24, 2.45) is 0 Å². The zero-order valence-electron chi connectivity index (χ0n) is 9.29. The first kappa shape index (κ1) is 12.4. The van der Waals surface area contributed by atoms with Crippen LogP contribution in [0, 0.1) is 20.2 Å². The van der Waals surface area contributed by atoms with E-state index in [1.165, 1.54) is 18.2 Å². The number of hydrogen-bond acceptors (Lipinski definition) is 7. The summed E-state index contributed by atoms with van der Waals surface area (Å²) in [6.07, 6.45) is 1.91. The topological polar surface area (TPSA) is 121 Å². The third-order valence-electron chi connectivity index (χ3n) is 2.09. The van der Waals surface area contributed by atoms with Crippen LogP contribution in [0.4, 0.5) is 11.4 Å². The van der Waals surface area contributed by atoms with Crippen LogP contribution in [0.1, 0.15) is 0 Å². The lowest BCUT2D eigenvalue weighted by molar-refractivity contribution is -0.385. The van der Waals surface area contributed by atoms with Crippen LogP contribution < -0.4 is 4.74 Å². The highest BCUT2D eigenvalue weighted by Crippen LogP contribution is 2.29. The number of rotatable bonds is 4. The van der Waals surface area contributed by atoms with Gasteiger partial charge in [-0.15, -0.1) is 0 Å². The molecule has 0 amide bonds. The number of nitro groups is 2. The molecule has 0 radical (unpaired) electrons. The third kappa shape index (κ3) is 2.77. The van der Waals surface area contributed by atoms with E-state index in [1.807, 2.05) is 0 Å². The van der Waals surface area contributed by atoms with Gasteiger partial charge in [-0.1, -0.05) is 12.1 Å². The Morgan fingerprint density at radius 2 is 1.63 bits per heavy atom. The van der Waals surface area contributed by atoms with E-state index >= 15 is 0 Å². The quantitative estimate of drug-likeness (QED) is 0.610. The molecule has 0 unspecified atom stereocenters. The highest BCUT2D eigenvalue weighted by molar-refractivity contribution is 5.46. The number of nitro benzene ring substituents is 1. The zero-order chi connectivity index (χ0) is 13.8. The summed E-state index contributed by atoms with van der Waals surface area (Å²) in [5, 5.41) is 21.2. The standard InChI is InChI=1S/C10H6N4O5/c15-13(16)7-5-11-10(12-6-7)19-9-4-2-1-3-8(9)14(17)18/h1-6H. The maximum Gasteiger partial charge on any atom is 0.322 e. The Hall–Kier alpha value is -3.10. The fourth-order valence-electron chi connectivity index (χ4n) is 1.25. The Bertz CT molecular complexity index is 628. The fraction of sp³-hybridized carbons (Fsp3) is 0. The molecule has 0 fully saturated rings. The molecule has 0 saturated carbocycles. The molecular weight excluding hydrogens is 256 g/mol. The lowest BCUT2D eigenvalue weighted by atomic mass is 10.3.